The van der Waals surface area contributed by atoms with Crippen molar-refractivity contribution in [2.75, 3.05) is 6.61 Å². The van der Waals surface area contributed by atoms with Gasteiger partial charge in [-0.1, -0.05) is 13.8 Å². The molecular formula is C10H18O4. The van der Waals surface area contributed by atoms with Crippen LogP contribution in [0.5, 0.6) is 0 Å². The monoisotopic (exact) mass is 202 g/mol. The number of hydrogen-bond donors (Lipinski definition) is 2. The lowest BCUT2D eigenvalue weighted by Gasteiger charge is -2.27. The third kappa shape index (κ3) is 3.89. The largest absolute Gasteiger partial charge is 0.472 e. The maximum Gasteiger partial charge on any atom is 0.203 e. The zero-order valence-corrected chi connectivity index (χ0v) is 9.07. The Morgan fingerprint density at radius 1 is 1.50 bits per heavy atom. The molecule has 0 aromatic heterocycles. The molecule has 0 spiro atoms. The summed E-state index contributed by atoms with van der Waals surface area (Å²) in [7, 11) is 0. The van der Waals surface area contributed by atoms with E-state index in [1.807, 2.05) is 0 Å². The Hall–Kier alpha value is -0.870. The summed E-state index contributed by atoms with van der Waals surface area (Å²) in [6.07, 6.45) is 0.0894. The molecule has 0 rings (SSSR count). The van der Waals surface area contributed by atoms with Crippen LogP contribution in [0, 0.1) is 5.41 Å². The topological polar surface area (TPSA) is 66.8 Å². The van der Waals surface area contributed by atoms with Gasteiger partial charge < -0.3 is 14.9 Å². The van der Waals surface area contributed by atoms with Crippen LogP contribution in [0.15, 0.2) is 11.8 Å². The molecule has 0 aromatic carbocycles. The zero-order chi connectivity index (χ0) is 11.4. The highest BCUT2D eigenvalue weighted by Crippen LogP contribution is 2.20. The van der Waals surface area contributed by atoms with Crippen molar-refractivity contribution in [3.8, 4) is 0 Å². The zero-order valence-electron chi connectivity index (χ0n) is 9.07. The van der Waals surface area contributed by atoms with Crippen molar-refractivity contribution in [3.05, 3.63) is 11.8 Å². The Morgan fingerprint density at radius 3 is 2.36 bits per heavy atom. The number of allylic oxidation sites excluding steroid dienone is 1. The van der Waals surface area contributed by atoms with Crippen molar-refractivity contribution in [1.82, 2.24) is 0 Å². The van der Waals surface area contributed by atoms with Crippen LogP contribution < -0.4 is 0 Å². The number of carbonyl (C=O) groups excluding carboxylic acids is 1. The lowest BCUT2D eigenvalue weighted by atomic mass is 9.94. The SMILES string of the molecule is CC(=O)/C(C)=C/O[C@@H](O)C(C)(C)CO. The highest BCUT2D eigenvalue weighted by Gasteiger charge is 2.28. The average Bonchev–Trinajstić information content (AvgIpc) is 2.13. The molecule has 1 atom stereocenters. The van der Waals surface area contributed by atoms with Crippen LogP contribution in [0.2, 0.25) is 0 Å². The van der Waals surface area contributed by atoms with Crippen LogP contribution in [0.25, 0.3) is 0 Å². The lowest BCUT2D eigenvalue weighted by Crippen LogP contribution is -2.33. The molecule has 0 aliphatic carbocycles. The molecule has 0 fully saturated rings. The summed E-state index contributed by atoms with van der Waals surface area (Å²) in [4.78, 5) is 10.8. The Bertz CT molecular complexity index is 230. The second-order valence-corrected chi connectivity index (χ2v) is 3.99. The van der Waals surface area contributed by atoms with Crippen molar-refractivity contribution >= 4 is 5.78 Å². The van der Waals surface area contributed by atoms with E-state index in [0.29, 0.717) is 5.57 Å². The molecule has 0 bridgehead atoms. The number of ketones is 1. The molecule has 0 unspecified atom stereocenters. The van der Waals surface area contributed by atoms with Gasteiger partial charge in [0.15, 0.2) is 5.78 Å². The Labute approximate surface area is 84.2 Å². The van der Waals surface area contributed by atoms with Gasteiger partial charge >= 0.3 is 0 Å². The fraction of sp³-hybridized carbons (Fsp3) is 0.700. The fourth-order valence-corrected chi connectivity index (χ4v) is 0.512. The fourth-order valence-electron chi connectivity index (χ4n) is 0.512. The molecule has 4 heteroatoms. The molecule has 0 aliphatic rings. The predicted octanol–water partition coefficient (Wildman–Crippen LogP) is 0.833. The summed E-state index contributed by atoms with van der Waals surface area (Å²) in [6, 6.07) is 0. The van der Waals surface area contributed by atoms with Gasteiger partial charge in [-0.3, -0.25) is 4.79 Å². The average molecular weight is 202 g/mol. The van der Waals surface area contributed by atoms with Crippen molar-refractivity contribution in [2.24, 2.45) is 5.41 Å². The van der Waals surface area contributed by atoms with Crippen molar-refractivity contribution < 1.29 is 19.7 Å². The molecular weight excluding hydrogens is 184 g/mol. The second-order valence-electron chi connectivity index (χ2n) is 3.99. The highest BCUT2D eigenvalue weighted by atomic mass is 16.6. The van der Waals surface area contributed by atoms with E-state index in [4.69, 9.17) is 9.84 Å². The number of aliphatic hydroxyl groups is 2. The first-order valence-corrected chi connectivity index (χ1v) is 4.43. The van der Waals surface area contributed by atoms with E-state index in [9.17, 15) is 9.90 Å². The molecule has 0 saturated heterocycles. The summed E-state index contributed by atoms with van der Waals surface area (Å²) in [6.45, 7) is 6.14. The molecule has 0 saturated carbocycles. The molecule has 0 aliphatic heterocycles. The van der Waals surface area contributed by atoms with Gasteiger partial charge in [-0.05, 0) is 13.8 Å². The summed E-state index contributed by atoms with van der Waals surface area (Å²) in [5.41, 5.74) is -0.314. The summed E-state index contributed by atoms with van der Waals surface area (Å²) >= 11 is 0. The molecule has 82 valence electrons. The Morgan fingerprint density at radius 2 is 2.00 bits per heavy atom. The van der Waals surface area contributed by atoms with E-state index in [1.54, 1.807) is 20.8 Å². The normalized spacial score (nSPS) is 15.1. The maximum absolute atomic E-state index is 10.8. The Balaban J connectivity index is 4.28. The predicted molar refractivity (Wildman–Crippen MR) is 52.4 cm³/mol. The molecule has 0 aromatic rings. The van der Waals surface area contributed by atoms with E-state index in [1.165, 1.54) is 13.2 Å². The number of hydrogen-bond acceptors (Lipinski definition) is 4. The van der Waals surface area contributed by atoms with Gasteiger partial charge in [0.1, 0.15) is 0 Å². The number of aliphatic hydroxyl groups excluding tert-OH is 2. The van der Waals surface area contributed by atoms with E-state index in [2.05, 4.69) is 0 Å². The smallest absolute Gasteiger partial charge is 0.203 e. The molecule has 0 radical (unpaired) electrons. The highest BCUT2D eigenvalue weighted by molar-refractivity contribution is 5.92. The van der Waals surface area contributed by atoms with Gasteiger partial charge in [0, 0.05) is 5.57 Å². The van der Waals surface area contributed by atoms with Crippen molar-refractivity contribution in [1.29, 1.82) is 0 Å². The van der Waals surface area contributed by atoms with Crippen LogP contribution in [0.4, 0.5) is 0 Å². The second kappa shape index (κ2) is 5.12. The van der Waals surface area contributed by atoms with E-state index >= 15 is 0 Å². The van der Waals surface area contributed by atoms with Crippen LogP contribution in [0.3, 0.4) is 0 Å². The van der Waals surface area contributed by atoms with Crippen LogP contribution in [-0.4, -0.2) is 28.9 Å². The van der Waals surface area contributed by atoms with Crippen LogP contribution in [0.1, 0.15) is 27.7 Å². The van der Waals surface area contributed by atoms with Gasteiger partial charge in [0.25, 0.3) is 0 Å². The van der Waals surface area contributed by atoms with Gasteiger partial charge in [-0.15, -0.1) is 0 Å². The first kappa shape index (κ1) is 13.1. The maximum atomic E-state index is 10.8. The van der Waals surface area contributed by atoms with Gasteiger partial charge in [0.05, 0.1) is 18.3 Å². The standard InChI is InChI=1S/C10H18O4/c1-7(8(2)12)5-14-9(13)10(3,4)6-11/h5,9,11,13H,6H2,1-4H3/b7-5+/t9-/m1/s1. The van der Waals surface area contributed by atoms with E-state index < -0.39 is 11.7 Å². The summed E-state index contributed by atoms with van der Waals surface area (Å²) < 4.78 is 4.93. The van der Waals surface area contributed by atoms with Crippen LogP contribution >= 0.6 is 0 Å². The minimum absolute atomic E-state index is 0.112. The Kier molecular flexibility index (Phi) is 4.80. The van der Waals surface area contributed by atoms with Crippen molar-refractivity contribution in [2.45, 2.75) is 34.0 Å². The minimum Gasteiger partial charge on any atom is -0.472 e. The number of carbonyl (C=O) groups is 1. The van der Waals surface area contributed by atoms with Crippen molar-refractivity contribution in [3.63, 3.8) is 0 Å². The number of Topliss-reactive ketones (excluding diaryl/α,β-unsaturated/α-hetero) is 1. The van der Waals surface area contributed by atoms with Crippen LogP contribution in [-0.2, 0) is 9.53 Å². The third-order valence-corrected chi connectivity index (χ3v) is 2.01. The number of rotatable bonds is 5. The van der Waals surface area contributed by atoms with E-state index in [-0.39, 0.29) is 12.4 Å². The lowest BCUT2D eigenvalue weighted by molar-refractivity contribution is -0.143. The molecule has 2 N–H and O–H groups in total. The summed E-state index contributed by atoms with van der Waals surface area (Å²) in [5.74, 6) is -0.112. The van der Waals surface area contributed by atoms with Gasteiger partial charge in [-0.2, -0.15) is 0 Å². The third-order valence-electron chi connectivity index (χ3n) is 2.01. The molecule has 4 nitrogen and oxygen atoms in total. The van der Waals surface area contributed by atoms with Gasteiger partial charge in [0.2, 0.25) is 6.29 Å². The first-order valence-electron chi connectivity index (χ1n) is 4.43. The number of ether oxygens (including phenoxy) is 1. The molecule has 14 heavy (non-hydrogen) atoms. The first-order chi connectivity index (χ1) is 6.31. The quantitative estimate of drug-likeness (QED) is 0.394. The molecule has 0 amide bonds. The van der Waals surface area contributed by atoms with E-state index in [0.717, 1.165) is 0 Å². The minimum atomic E-state index is -1.12. The summed E-state index contributed by atoms with van der Waals surface area (Å²) in [5, 5.41) is 18.4. The van der Waals surface area contributed by atoms with Gasteiger partial charge in [-0.25, -0.2) is 0 Å². The molecule has 0 heterocycles.